The number of piperazine rings is 1. The molecule has 0 spiro atoms. The smallest absolute Gasteiger partial charge is 0.251 e. The Bertz CT molecular complexity index is 1350. The first-order chi connectivity index (χ1) is 19.4. The molecule has 2 N–H and O–H groups in total. The fourth-order valence-corrected chi connectivity index (χ4v) is 6.27. The maximum absolute atomic E-state index is 13.2. The number of benzene rings is 3. The van der Waals surface area contributed by atoms with Gasteiger partial charge in [-0.05, 0) is 42.7 Å². The number of carbonyl (C=O) groups excluding carboxylic acids is 1. The maximum atomic E-state index is 13.2. The van der Waals surface area contributed by atoms with Crippen LogP contribution in [0.5, 0.6) is 17.2 Å². The molecule has 1 aliphatic carbocycles. The van der Waals surface area contributed by atoms with Crippen LogP contribution in [0.2, 0.25) is 10.0 Å². The molecular weight excluding hydrogens is 549 g/mol. The van der Waals surface area contributed by atoms with Crippen LogP contribution in [0.15, 0.2) is 54.6 Å². The number of phenols is 1. The number of nitrogens with one attached hydrogen (secondary N) is 1. The quantitative estimate of drug-likeness (QED) is 0.324. The zero-order valence-electron chi connectivity index (χ0n) is 22.8. The molecular formula is C31H35Cl2N3O4. The highest BCUT2D eigenvalue weighted by Crippen LogP contribution is 2.44. The number of methoxy groups -OCH3 is 2. The van der Waals surface area contributed by atoms with Crippen LogP contribution < -0.4 is 19.7 Å². The number of hydrogen-bond acceptors (Lipinski definition) is 6. The van der Waals surface area contributed by atoms with Crippen molar-refractivity contribution >= 4 is 34.8 Å². The van der Waals surface area contributed by atoms with Gasteiger partial charge in [-0.3, -0.25) is 9.69 Å². The summed E-state index contributed by atoms with van der Waals surface area (Å²) in [6, 6.07) is 16.6. The molecule has 3 aromatic carbocycles. The molecule has 0 radical (unpaired) electrons. The summed E-state index contributed by atoms with van der Waals surface area (Å²) in [5.74, 6) is 1.02. The zero-order chi connectivity index (χ0) is 28.2. The van der Waals surface area contributed by atoms with Gasteiger partial charge in [0.25, 0.3) is 5.91 Å². The summed E-state index contributed by atoms with van der Waals surface area (Å²) in [7, 11) is 3.14. The molecule has 212 valence electrons. The Kier molecular flexibility index (Phi) is 8.94. The molecule has 9 heteroatoms. The number of aromatic hydroxyl groups is 1. The minimum absolute atomic E-state index is 0.0705. The Morgan fingerprint density at radius 1 is 0.975 bits per heavy atom. The van der Waals surface area contributed by atoms with Crippen molar-refractivity contribution in [3.63, 3.8) is 0 Å². The Labute approximate surface area is 245 Å². The fraction of sp³-hybridized carbons (Fsp3) is 0.387. The highest BCUT2D eigenvalue weighted by Gasteiger charge is 2.32. The number of anilines is 1. The lowest BCUT2D eigenvalue weighted by molar-refractivity contribution is 0.0937. The SMILES string of the molecule is COc1cc(O)c(C(c2cccc(C(=O)NC3CCCC3)c2)N2CCN(c3cccc(Cl)c3Cl)CC2)c(OC)c1. The van der Waals surface area contributed by atoms with Gasteiger partial charge in [0.1, 0.15) is 17.2 Å². The lowest BCUT2D eigenvalue weighted by Gasteiger charge is -2.41. The van der Waals surface area contributed by atoms with Crippen molar-refractivity contribution in [2.75, 3.05) is 45.3 Å². The summed E-state index contributed by atoms with van der Waals surface area (Å²) >= 11 is 12.8. The first-order valence-corrected chi connectivity index (χ1v) is 14.4. The second-order valence-corrected chi connectivity index (χ2v) is 11.1. The molecule has 40 heavy (non-hydrogen) atoms. The average Bonchev–Trinajstić information content (AvgIpc) is 3.49. The van der Waals surface area contributed by atoms with Crippen LogP contribution in [0.25, 0.3) is 0 Å². The van der Waals surface area contributed by atoms with Gasteiger partial charge in [-0.2, -0.15) is 0 Å². The van der Waals surface area contributed by atoms with E-state index in [9.17, 15) is 9.90 Å². The van der Waals surface area contributed by atoms with Gasteiger partial charge in [0.05, 0.1) is 41.6 Å². The lowest BCUT2D eigenvalue weighted by Crippen LogP contribution is -2.48. The van der Waals surface area contributed by atoms with Crippen molar-refractivity contribution in [1.82, 2.24) is 10.2 Å². The van der Waals surface area contributed by atoms with Gasteiger partial charge in [0.2, 0.25) is 0 Å². The Balaban J connectivity index is 1.49. The van der Waals surface area contributed by atoms with Crippen LogP contribution in [0.3, 0.4) is 0 Å². The van der Waals surface area contributed by atoms with Crippen molar-refractivity contribution in [3.8, 4) is 17.2 Å². The normalized spacial score (nSPS) is 17.1. The molecule has 1 atom stereocenters. The zero-order valence-corrected chi connectivity index (χ0v) is 24.3. The molecule has 1 aliphatic heterocycles. The van der Waals surface area contributed by atoms with E-state index < -0.39 is 0 Å². The van der Waals surface area contributed by atoms with Gasteiger partial charge < -0.3 is 24.8 Å². The molecule has 7 nitrogen and oxygen atoms in total. The predicted molar refractivity (Wildman–Crippen MR) is 159 cm³/mol. The van der Waals surface area contributed by atoms with Crippen molar-refractivity contribution < 1.29 is 19.4 Å². The largest absolute Gasteiger partial charge is 0.507 e. The molecule has 0 aromatic heterocycles. The van der Waals surface area contributed by atoms with E-state index >= 15 is 0 Å². The first kappa shape index (κ1) is 28.4. The first-order valence-electron chi connectivity index (χ1n) is 13.7. The molecule has 1 heterocycles. The third-order valence-corrected chi connectivity index (χ3v) is 8.74. The molecule has 1 saturated heterocycles. The van der Waals surface area contributed by atoms with Gasteiger partial charge in [0, 0.05) is 49.9 Å². The highest BCUT2D eigenvalue weighted by atomic mass is 35.5. The standard InChI is InChI=1S/C31H35Cl2N3O4/c1-39-23-18-26(37)28(27(19-23)40-2)30(20-7-5-8-21(17-20)31(38)34-22-9-3-4-10-22)36-15-13-35(14-16-36)25-12-6-11-24(32)29(25)33/h5-8,11-12,17-19,22,30,37H,3-4,9-10,13-16H2,1-2H3,(H,34,38). The summed E-state index contributed by atoms with van der Waals surface area (Å²) in [5, 5.41) is 15.5. The Morgan fingerprint density at radius 3 is 2.40 bits per heavy atom. The number of ether oxygens (including phenoxy) is 2. The van der Waals surface area contributed by atoms with E-state index in [-0.39, 0.29) is 23.7 Å². The summed E-state index contributed by atoms with van der Waals surface area (Å²) in [6.45, 7) is 2.77. The lowest BCUT2D eigenvalue weighted by atomic mass is 9.93. The number of nitrogens with zero attached hydrogens (tertiary/aromatic N) is 2. The van der Waals surface area contributed by atoms with Gasteiger partial charge >= 0.3 is 0 Å². The van der Waals surface area contributed by atoms with Crippen LogP contribution in [0, 0.1) is 0 Å². The number of rotatable bonds is 8. The maximum Gasteiger partial charge on any atom is 0.251 e. The third-order valence-electron chi connectivity index (χ3n) is 7.93. The van der Waals surface area contributed by atoms with Crippen molar-refractivity contribution in [2.45, 2.75) is 37.8 Å². The topological polar surface area (TPSA) is 74.3 Å². The second-order valence-electron chi connectivity index (χ2n) is 10.3. The van der Waals surface area contributed by atoms with E-state index in [1.54, 1.807) is 32.4 Å². The number of carbonyl (C=O) groups is 1. The van der Waals surface area contributed by atoms with E-state index in [1.165, 1.54) is 0 Å². The molecule has 2 aliphatic rings. The van der Waals surface area contributed by atoms with Gasteiger partial charge in [-0.25, -0.2) is 0 Å². The van der Waals surface area contributed by atoms with Gasteiger partial charge in [0.15, 0.2) is 0 Å². The molecule has 2 fully saturated rings. The van der Waals surface area contributed by atoms with E-state index in [1.807, 2.05) is 36.4 Å². The van der Waals surface area contributed by atoms with Crippen molar-refractivity contribution in [1.29, 1.82) is 0 Å². The van der Waals surface area contributed by atoms with Crippen molar-refractivity contribution in [3.05, 3.63) is 81.3 Å². The van der Waals surface area contributed by atoms with Crippen LogP contribution in [-0.4, -0.2) is 62.4 Å². The van der Waals surface area contributed by atoms with Crippen LogP contribution in [0.1, 0.15) is 53.2 Å². The minimum Gasteiger partial charge on any atom is -0.507 e. The van der Waals surface area contributed by atoms with Gasteiger partial charge in [-0.1, -0.05) is 54.2 Å². The summed E-state index contributed by atoms with van der Waals surface area (Å²) in [6.07, 6.45) is 4.34. The monoisotopic (exact) mass is 583 g/mol. The molecule has 1 saturated carbocycles. The number of hydrogen-bond donors (Lipinski definition) is 2. The number of phenolic OH excluding ortho intramolecular Hbond substituents is 1. The molecule has 1 amide bonds. The van der Waals surface area contributed by atoms with E-state index in [0.717, 1.165) is 36.9 Å². The second kappa shape index (κ2) is 12.6. The van der Waals surface area contributed by atoms with Crippen LogP contribution >= 0.6 is 23.2 Å². The molecule has 5 rings (SSSR count). The predicted octanol–water partition coefficient (Wildman–Crippen LogP) is 6.30. The van der Waals surface area contributed by atoms with Gasteiger partial charge in [-0.15, -0.1) is 0 Å². The van der Waals surface area contributed by atoms with E-state index in [0.29, 0.717) is 58.9 Å². The van der Waals surface area contributed by atoms with Crippen LogP contribution in [0.4, 0.5) is 5.69 Å². The summed E-state index contributed by atoms with van der Waals surface area (Å²) in [5.41, 5.74) is 3.03. The minimum atomic E-state index is -0.364. The highest BCUT2D eigenvalue weighted by molar-refractivity contribution is 6.43. The molecule has 3 aromatic rings. The Morgan fingerprint density at radius 2 is 1.70 bits per heavy atom. The third kappa shape index (κ3) is 5.97. The molecule has 0 bridgehead atoms. The fourth-order valence-electron chi connectivity index (χ4n) is 5.86. The Hall–Kier alpha value is -3.13. The average molecular weight is 585 g/mol. The molecule has 1 unspecified atom stereocenters. The summed E-state index contributed by atoms with van der Waals surface area (Å²) in [4.78, 5) is 17.7. The number of halogens is 2. The van der Waals surface area contributed by atoms with E-state index in [2.05, 4.69) is 15.1 Å². The number of amides is 1. The van der Waals surface area contributed by atoms with Crippen LogP contribution in [-0.2, 0) is 0 Å². The van der Waals surface area contributed by atoms with E-state index in [4.69, 9.17) is 32.7 Å². The summed E-state index contributed by atoms with van der Waals surface area (Å²) < 4.78 is 11.1. The van der Waals surface area contributed by atoms with Crippen molar-refractivity contribution in [2.24, 2.45) is 0 Å².